The van der Waals surface area contributed by atoms with E-state index in [2.05, 4.69) is 17.6 Å². The van der Waals surface area contributed by atoms with Crippen LogP contribution in [0.3, 0.4) is 0 Å². The highest BCUT2D eigenvalue weighted by molar-refractivity contribution is 6.30. The Kier molecular flexibility index (Phi) is 8.82. The van der Waals surface area contributed by atoms with Crippen LogP contribution in [0.25, 0.3) is 0 Å². The lowest BCUT2D eigenvalue weighted by molar-refractivity contribution is 0.146. The van der Waals surface area contributed by atoms with Crippen molar-refractivity contribution in [3.05, 3.63) is 34.9 Å². The molecule has 0 bridgehead atoms. The van der Waals surface area contributed by atoms with Crippen LogP contribution >= 0.6 is 11.6 Å². The smallest absolute Gasteiger partial charge is 0.407 e. The fourth-order valence-corrected chi connectivity index (χ4v) is 1.95. The molecule has 0 aliphatic rings. The molecular weight excluding hydrogens is 290 g/mol. The first-order valence-electron chi connectivity index (χ1n) is 7.26. The molecule has 5 nitrogen and oxygen atoms in total. The molecule has 0 aromatic heterocycles. The average Bonchev–Trinajstić information content (AvgIpc) is 2.47. The molecule has 6 heteroatoms. The number of carbonyl (C=O) groups excluding carboxylic acids is 1. The number of ether oxygens (including phenoxy) is 1. The summed E-state index contributed by atoms with van der Waals surface area (Å²) in [5, 5.41) is 6.52. The van der Waals surface area contributed by atoms with Gasteiger partial charge in [0.1, 0.15) is 6.61 Å². The van der Waals surface area contributed by atoms with Gasteiger partial charge >= 0.3 is 6.09 Å². The Morgan fingerprint density at radius 3 is 2.95 bits per heavy atom. The van der Waals surface area contributed by atoms with Crippen LogP contribution in [0.15, 0.2) is 24.3 Å². The maximum absolute atomic E-state index is 11.3. The summed E-state index contributed by atoms with van der Waals surface area (Å²) >= 11 is 5.92. The molecule has 0 heterocycles. The van der Waals surface area contributed by atoms with E-state index in [4.69, 9.17) is 22.1 Å². The monoisotopic (exact) mass is 313 g/mol. The number of nitrogens with two attached hydrogens (primary N) is 1. The molecule has 1 rings (SSSR count). The van der Waals surface area contributed by atoms with Gasteiger partial charge in [-0.3, -0.25) is 0 Å². The van der Waals surface area contributed by atoms with Crippen molar-refractivity contribution in [3.63, 3.8) is 0 Å². The van der Waals surface area contributed by atoms with Crippen molar-refractivity contribution in [1.29, 1.82) is 0 Å². The molecule has 4 N–H and O–H groups in total. The Morgan fingerprint density at radius 1 is 1.43 bits per heavy atom. The number of rotatable bonds is 9. The minimum absolute atomic E-state index is 0.137. The lowest BCUT2D eigenvalue weighted by Gasteiger charge is -2.13. The van der Waals surface area contributed by atoms with E-state index < -0.39 is 0 Å². The number of unbranched alkanes of at least 4 members (excludes halogenated alkanes) is 1. The standard InChI is InChI=1S/C15H24ClN3O2/c1-2-3-7-19-15(20)21-9-8-18-11-14(17)12-5-4-6-13(16)10-12/h4-6,10,14,18H,2-3,7-9,11,17H2,1H3,(H,19,20). The molecule has 118 valence electrons. The van der Waals surface area contributed by atoms with Crippen molar-refractivity contribution in [3.8, 4) is 0 Å². The maximum atomic E-state index is 11.3. The summed E-state index contributed by atoms with van der Waals surface area (Å²) in [6.45, 7) is 4.21. The summed E-state index contributed by atoms with van der Waals surface area (Å²) in [7, 11) is 0. The molecule has 0 saturated carbocycles. The number of halogens is 1. The lowest BCUT2D eigenvalue weighted by Crippen LogP contribution is -2.32. The molecule has 0 saturated heterocycles. The van der Waals surface area contributed by atoms with Crippen LogP contribution < -0.4 is 16.4 Å². The van der Waals surface area contributed by atoms with E-state index in [1.807, 2.05) is 24.3 Å². The van der Waals surface area contributed by atoms with Gasteiger partial charge in [-0.15, -0.1) is 0 Å². The highest BCUT2D eigenvalue weighted by Gasteiger charge is 2.06. The zero-order chi connectivity index (χ0) is 15.5. The molecule has 0 fully saturated rings. The molecule has 1 aromatic carbocycles. The van der Waals surface area contributed by atoms with Crippen molar-refractivity contribution in [1.82, 2.24) is 10.6 Å². The van der Waals surface area contributed by atoms with Crippen LogP contribution in [0.1, 0.15) is 31.4 Å². The first-order chi connectivity index (χ1) is 10.1. The third kappa shape index (κ3) is 7.90. The summed E-state index contributed by atoms with van der Waals surface area (Å²) < 4.78 is 5.02. The summed E-state index contributed by atoms with van der Waals surface area (Å²) in [4.78, 5) is 11.3. The fraction of sp³-hybridized carbons (Fsp3) is 0.533. The fourth-order valence-electron chi connectivity index (χ4n) is 1.75. The van der Waals surface area contributed by atoms with Gasteiger partial charge < -0.3 is 21.1 Å². The van der Waals surface area contributed by atoms with E-state index in [1.165, 1.54) is 0 Å². The van der Waals surface area contributed by atoms with Crippen LogP contribution in [0.2, 0.25) is 5.02 Å². The number of amides is 1. The number of hydrogen-bond donors (Lipinski definition) is 3. The molecule has 0 spiro atoms. The number of hydrogen-bond acceptors (Lipinski definition) is 4. The second kappa shape index (κ2) is 10.4. The van der Waals surface area contributed by atoms with Gasteiger partial charge in [0.15, 0.2) is 0 Å². The van der Waals surface area contributed by atoms with Crippen LogP contribution in [-0.4, -0.2) is 32.3 Å². The van der Waals surface area contributed by atoms with Gasteiger partial charge in [-0.25, -0.2) is 4.79 Å². The van der Waals surface area contributed by atoms with E-state index in [9.17, 15) is 4.79 Å². The van der Waals surface area contributed by atoms with E-state index in [0.29, 0.717) is 31.3 Å². The summed E-state index contributed by atoms with van der Waals surface area (Å²) in [5.41, 5.74) is 7.03. The first-order valence-corrected chi connectivity index (χ1v) is 7.63. The number of nitrogens with one attached hydrogen (secondary N) is 2. The first kappa shape index (κ1) is 17.8. The SMILES string of the molecule is CCCCNC(=O)OCCNCC(N)c1cccc(Cl)c1. The van der Waals surface area contributed by atoms with Crippen molar-refractivity contribution < 1.29 is 9.53 Å². The highest BCUT2D eigenvalue weighted by atomic mass is 35.5. The van der Waals surface area contributed by atoms with Crippen LogP contribution in [0.5, 0.6) is 0 Å². The van der Waals surface area contributed by atoms with Crippen molar-refractivity contribution in [2.45, 2.75) is 25.8 Å². The van der Waals surface area contributed by atoms with Crippen molar-refractivity contribution in [2.24, 2.45) is 5.73 Å². The predicted molar refractivity (Wildman–Crippen MR) is 85.5 cm³/mol. The number of benzene rings is 1. The predicted octanol–water partition coefficient (Wildman–Crippen LogP) is 2.46. The summed E-state index contributed by atoms with van der Waals surface area (Å²) in [6, 6.07) is 7.35. The van der Waals surface area contributed by atoms with Gasteiger partial charge in [0.05, 0.1) is 0 Å². The Morgan fingerprint density at radius 2 is 2.24 bits per heavy atom. The van der Waals surface area contributed by atoms with Crippen molar-refractivity contribution in [2.75, 3.05) is 26.2 Å². The number of alkyl carbamates (subject to hydrolysis) is 1. The third-order valence-corrected chi connectivity index (χ3v) is 3.19. The largest absolute Gasteiger partial charge is 0.448 e. The normalized spacial score (nSPS) is 12.0. The lowest BCUT2D eigenvalue weighted by atomic mass is 10.1. The van der Waals surface area contributed by atoms with E-state index in [1.54, 1.807) is 0 Å². The molecular formula is C15H24ClN3O2. The molecule has 0 radical (unpaired) electrons. The third-order valence-electron chi connectivity index (χ3n) is 2.95. The summed E-state index contributed by atoms with van der Waals surface area (Å²) in [6.07, 6.45) is 1.63. The van der Waals surface area contributed by atoms with Gasteiger partial charge in [0.25, 0.3) is 0 Å². The maximum Gasteiger partial charge on any atom is 0.407 e. The van der Waals surface area contributed by atoms with Crippen LogP contribution in [-0.2, 0) is 4.74 Å². The molecule has 1 unspecified atom stereocenters. The van der Waals surface area contributed by atoms with Crippen molar-refractivity contribution >= 4 is 17.7 Å². The zero-order valence-corrected chi connectivity index (χ0v) is 13.2. The highest BCUT2D eigenvalue weighted by Crippen LogP contribution is 2.15. The molecule has 1 amide bonds. The van der Waals surface area contributed by atoms with Gasteiger partial charge in [0.2, 0.25) is 0 Å². The number of carbonyl (C=O) groups is 1. The van der Waals surface area contributed by atoms with Gasteiger partial charge in [0, 0.05) is 30.7 Å². The summed E-state index contributed by atoms with van der Waals surface area (Å²) in [5.74, 6) is 0. The molecule has 1 atom stereocenters. The molecule has 0 aliphatic carbocycles. The van der Waals surface area contributed by atoms with E-state index in [0.717, 1.165) is 18.4 Å². The van der Waals surface area contributed by atoms with Gasteiger partial charge in [-0.05, 0) is 24.1 Å². The average molecular weight is 314 g/mol. The van der Waals surface area contributed by atoms with Crippen LogP contribution in [0.4, 0.5) is 4.79 Å². The molecule has 0 aliphatic heterocycles. The Labute approximate surface area is 131 Å². The molecule has 21 heavy (non-hydrogen) atoms. The Hall–Kier alpha value is -1.30. The van der Waals surface area contributed by atoms with Crippen LogP contribution in [0, 0.1) is 0 Å². The Balaban J connectivity index is 2.10. The second-order valence-corrected chi connectivity index (χ2v) is 5.22. The Bertz CT molecular complexity index is 429. The van der Waals surface area contributed by atoms with E-state index >= 15 is 0 Å². The quantitative estimate of drug-likeness (QED) is 0.612. The van der Waals surface area contributed by atoms with E-state index in [-0.39, 0.29) is 12.1 Å². The topological polar surface area (TPSA) is 76.4 Å². The minimum atomic E-state index is -0.371. The van der Waals surface area contributed by atoms with Gasteiger partial charge in [-0.1, -0.05) is 37.1 Å². The van der Waals surface area contributed by atoms with Gasteiger partial charge in [-0.2, -0.15) is 0 Å². The zero-order valence-electron chi connectivity index (χ0n) is 12.4. The molecule has 1 aromatic rings. The minimum Gasteiger partial charge on any atom is -0.448 e. The second-order valence-electron chi connectivity index (χ2n) is 4.78.